The average molecular weight is 269 g/mol. The van der Waals surface area contributed by atoms with Gasteiger partial charge in [0.15, 0.2) is 0 Å². The molecule has 0 fully saturated rings. The third kappa shape index (κ3) is 3.02. The highest BCUT2D eigenvalue weighted by Crippen LogP contribution is 2.26. The Hall–Kier alpha value is -1.45. The van der Waals surface area contributed by atoms with E-state index in [4.69, 9.17) is 21.9 Å². The minimum atomic E-state index is -3.89. The largest absolute Gasteiger partial charge is 0.356 e. The zero-order valence-corrected chi connectivity index (χ0v) is 9.27. The van der Waals surface area contributed by atoms with E-state index in [0.29, 0.717) is 4.73 Å². The van der Waals surface area contributed by atoms with E-state index in [1.807, 2.05) is 0 Å². The number of nitro groups is 1. The number of pyridine rings is 1. The Morgan fingerprint density at radius 1 is 1.56 bits per heavy atom. The second-order valence-electron chi connectivity index (χ2n) is 2.93. The van der Waals surface area contributed by atoms with Crippen LogP contribution in [0.2, 0.25) is 5.02 Å². The van der Waals surface area contributed by atoms with Crippen LogP contribution in [0.4, 0.5) is 5.69 Å². The lowest BCUT2D eigenvalue weighted by Gasteiger charge is -1.99. The molecule has 0 aromatic carbocycles. The van der Waals surface area contributed by atoms with E-state index < -0.39 is 26.4 Å². The zero-order valence-electron chi connectivity index (χ0n) is 7.70. The van der Waals surface area contributed by atoms with Gasteiger partial charge in [0.1, 0.15) is 5.02 Å². The SMILES string of the molecule is NS(=O)(=O)Cc1c[n+](O)cc([N+](=O)[O-])c1Cl. The molecule has 0 atom stereocenters. The van der Waals surface area contributed by atoms with Crippen LogP contribution >= 0.6 is 11.6 Å². The van der Waals surface area contributed by atoms with Crippen molar-refractivity contribution in [3.63, 3.8) is 0 Å². The van der Waals surface area contributed by atoms with Crippen molar-refractivity contribution in [2.75, 3.05) is 0 Å². The van der Waals surface area contributed by atoms with Crippen LogP contribution in [0.25, 0.3) is 0 Å². The Kier molecular flexibility index (Phi) is 3.31. The molecule has 10 heteroatoms. The van der Waals surface area contributed by atoms with E-state index >= 15 is 0 Å². The second-order valence-corrected chi connectivity index (χ2v) is 4.92. The molecule has 0 saturated carbocycles. The first-order valence-electron chi connectivity index (χ1n) is 3.78. The maximum atomic E-state index is 10.8. The molecule has 0 unspecified atom stereocenters. The number of nitrogens with zero attached hydrogens (tertiary/aromatic N) is 2. The summed E-state index contributed by atoms with van der Waals surface area (Å²) in [7, 11) is -3.89. The van der Waals surface area contributed by atoms with Gasteiger partial charge in [-0.05, 0) is 0 Å². The molecule has 16 heavy (non-hydrogen) atoms. The number of hydrogen-bond acceptors (Lipinski definition) is 5. The Labute approximate surface area is 95.0 Å². The number of nitrogens with two attached hydrogens (primary N) is 1. The summed E-state index contributed by atoms with van der Waals surface area (Å²) in [6.07, 6.45) is 1.68. The lowest BCUT2D eigenvalue weighted by atomic mass is 10.3. The normalized spacial score (nSPS) is 11.4. The predicted molar refractivity (Wildman–Crippen MR) is 52.3 cm³/mol. The summed E-state index contributed by atoms with van der Waals surface area (Å²) in [5, 5.41) is 24.0. The Bertz CT molecular complexity index is 543. The summed E-state index contributed by atoms with van der Waals surface area (Å²) < 4.78 is 22.0. The lowest BCUT2D eigenvalue weighted by Crippen LogP contribution is -2.31. The molecule has 88 valence electrons. The van der Waals surface area contributed by atoms with Gasteiger partial charge in [0.25, 0.3) is 0 Å². The van der Waals surface area contributed by atoms with Gasteiger partial charge in [-0.3, -0.25) is 15.3 Å². The van der Waals surface area contributed by atoms with Crippen molar-refractivity contribution in [2.45, 2.75) is 5.75 Å². The first-order chi connectivity index (χ1) is 7.20. The van der Waals surface area contributed by atoms with E-state index in [0.717, 1.165) is 12.4 Å². The van der Waals surface area contributed by atoms with Crippen molar-refractivity contribution in [2.24, 2.45) is 5.14 Å². The molecule has 1 heterocycles. The molecule has 0 radical (unpaired) electrons. The van der Waals surface area contributed by atoms with E-state index in [2.05, 4.69) is 0 Å². The van der Waals surface area contributed by atoms with Gasteiger partial charge in [0.05, 0.1) is 16.2 Å². The van der Waals surface area contributed by atoms with Crippen LogP contribution in [0, 0.1) is 10.1 Å². The van der Waals surface area contributed by atoms with Crippen LogP contribution in [0.3, 0.4) is 0 Å². The summed E-state index contributed by atoms with van der Waals surface area (Å²) in [5.41, 5.74) is -0.758. The fourth-order valence-corrected chi connectivity index (χ4v) is 2.01. The fourth-order valence-electron chi connectivity index (χ4n) is 1.04. The van der Waals surface area contributed by atoms with Crippen LogP contribution < -0.4 is 9.87 Å². The smallest absolute Gasteiger partial charge is 0.285 e. The highest BCUT2D eigenvalue weighted by atomic mass is 35.5. The standard InChI is InChI=1S/C6H7ClN3O5S/c7-6-4(3-16(8,14)15)1-9(11)2-5(6)10(12)13/h1-2,11H,3H2,(H2,8,14,15)/q+1. The van der Waals surface area contributed by atoms with E-state index in [1.54, 1.807) is 0 Å². The van der Waals surface area contributed by atoms with Crippen molar-refractivity contribution in [3.8, 4) is 0 Å². The van der Waals surface area contributed by atoms with Gasteiger partial charge < -0.3 is 0 Å². The molecule has 0 saturated heterocycles. The van der Waals surface area contributed by atoms with Crippen LogP contribution in [0.1, 0.15) is 5.56 Å². The van der Waals surface area contributed by atoms with Crippen molar-refractivity contribution in [3.05, 3.63) is 33.1 Å². The van der Waals surface area contributed by atoms with E-state index in [-0.39, 0.29) is 10.6 Å². The van der Waals surface area contributed by atoms with Crippen LogP contribution in [0.15, 0.2) is 12.4 Å². The van der Waals surface area contributed by atoms with Gasteiger partial charge in [0, 0.05) is 4.73 Å². The Morgan fingerprint density at radius 3 is 2.56 bits per heavy atom. The molecule has 0 amide bonds. The summed E-state index contributed by atoms with van der Waals surface area (Å²) in [6.45, 7) is 0. The van der Waals surface area contributed by atoms with Crippen LogP contribution in [0.5, 0.6) is 0 Å². The number of sulfonamides is 1. The van der Waals surface area contributed by atoms with Crippen LogP contribution in [-0.4, -0.2) is 18.5 Å². The van der Waals surface area contributed by atoms with Gasteiger partial charge in [-0.2, -0.15) is 0 Å². The molecule has 0 aliphatic rings. The molecule has 1 rings (SSSR count). The van der Waals surface area contributed by atoms with Crippen molar-refractivity contribution in [1.82, 2.24) is 0 Å². The molecule has 0 bridgehead atoms. The summed E-state index contributed by atoms with van der Waals surface area (Å²) >= 11 is 5.60. The summed E-state index contributed by atoms with van der Waals surface area (Å²) in [6, 6.07) is 0. The Balaban J connectivity index is 3.35. The second kappa shape index (κ2) is 4.20. The number of rotatable bonds is 3. The van der Waals surface area contributed by atoms with Gasteiger partial charge in [0.2, 0.25) is 16.2 Å². The molecule has 0 spiro atoms. The highest BCUT2D eigenvalue weighted by molar-refractivity contribution is 7.88. The van der Waals surface area contributed by atoms with Gasteiger partial charge in [-0.25, -0.2) is 13.6 Å². The predicted octanol–water partition coefficient (Wildman–Crippen LogP) is -0.438. The Morgan fingerprint density at radius 2 is 2.12 bits per heavy atom. The first kappa shape index (κ1) is 12.6. The average Bonchev–Trinajstić information content (AvgIpc) is 2.07. The molecular formula is C6H7ClN3O5S+. The third-order valence-electron chi connectivity index (χ3n) is 1.60. The molecule has 8 nitrogen and oxygen atoms in total. The van der Waals surface area contributed by atoms with E-state index in [9.17, 15) is 18.5 Å². The quantitative estimate of drug-likeness (QED) is 0.332. The molecule has 0 aliphatic carbocycles. The number of aromatic nitrogens is 1. The lowest BCUT2D eigenvalue weighted by molar-refractivity contribution is -0.905. The van der Waals surface area contributed by atoms with Crippen LogP contribution in [-0.2, 0) is 15.8 Å². The highest BCUT2D eigenvalue weighted by Gasteiger charge is 2.25. The molecule has 0 aliphatic heterocycles. The molecule has 3 N–H and O–H groups in total. The number of hydrogen-bond donors (Lipinski definition) is 2. The van der Waals surface area contributed by atoms with Gasteiger partial charge >= 0.3 is 11.9 Å². The molecular weight excluding hydrogens is 262 g/mol. The van der Waals surface area contributed by atoms with Gasteiger partial charge in [-0.15, -0.1) is 0 Å². The monoisotopic (exact) mass is 268 g/mol. The van der Waals surface area contributed by atoms with E-state index in [1.165, 1.54) is 0 Å². The molecule has 1 aromatic heterocycles. The third-order valence-corrected chi connectivity index (χ3v) is 2.75. The zero-order chi connectivity index (χ0) is 12.5. The van der Waals surface area contributed by atoms with Gasteiger partial charge in [-0.1, -0.05) is 11.6 Å². The first-order valence-corrected chi connectivity index (χ1v) is 5.88. The number of primary sulfonamides is 1. The minimum Gasteiger partial charge on any atom is -0.285 e. The fraction of sp³-hybridized carbons (Fsp3) is 0.167. The topological polar surface area (TPSA) is 127 Å². The summed E-state index contributed by atoms with van der Waals surface area (Å²) in [5.74, 6) is -0.700. The van der Waals surface area contributed by atoms with Crippen molar-refractivity contribution < 1.29 is 23.3 Å². The number of halogens is 1. The molecule has 1 aromatic rings. The maximum absolute atomic E-state index is 10.8. The minimum absolute atomic E-state index is 0.152. The summed E-state index contributed by atoms with van der Waals surface area (Å²) in [4.78, 5) is 9.66. The van der Waals surface area contributed by atoms with Crippen molar-refractivity contribution >= 4 is 27.3 Å². The maximum Gasteiger partial charge on any atom is 0.356 e. The van der Waals surface area contributed by atoms with Crippen molar-refractivity contribution in [1.29, 1.82) is 0 Å².